The van der Waals surface area contributed by atoms with Gasteiger partial charge in [-0.3, -0.25) is 4.57 Å². The quantitative estimate of drug-likeness (QED) is 0.207. The third-order valence-electron chi connectivity index (χ3n) is 9.18. The predicted octanol–water partition coefficient (Wildman–Crippen LogP) is 11.1. The Kier molecular flexibility index (Phi) is 5.25. The van der Waals surface area contributed by atoms with Crippen LogP contribution in [0, 0.1) is 0 Å². The maximum absolute atomic E-state index is 6.50. The number of fused-ring (bicyclic) bond motifs is 9. The lowest BCUT2D eigenvalue weighted by atomic mass is 9.99. The molecule has 0 atom stereocenters. The van der Waals surface area contributed by atoms with Gasteiger partial charge in [-0.15, -0.1) is 0 Å². The van der Waals surface area contributed by atoms with Crippen molar-refractivity contribution < 1.29 is 4.42 Å². The van der Waals surface area contributed by atoms with E-state index in [0.717, 1.165) is 77.6 Å². The molecule has 0 saturated heterocycles. The second kappa shape index (κ2) is 9.62. The number of rotatable bonds is 3. The van der Waals surface area contributed by atoms with E-state index in [-0.39, 0.29) is 0 Å². The molecule has 10 aromatic rings. The number of hydrogen-bond donors (Lipinski definition) is 0. The monoisotopic (exact) mass is 587 g/mol. The van der Waals surface area contributed by atoms with Crippen molar-refractivity contribution in [2.75, 3.05) is 0 Å². The molecule has 10 rings (SSSR count). The van der Waals surface area contributed by atoms with E-state index in [2.05, 4.69) is 126 Å². The van der Waals surface area contributed by atoms with E-state index < -0.39 is 0 Å². The van der Waals surface area contributed by atoms with Crippen LogP contribution >= 0.6 is 0 Å². The smallest absolute Gasteiger partial charge is 0.165 e. The van der Waals surface area contributed by atoms with Gasteiger partial charge in [0.05, 0.1) is 22.1 Å². The molecule has 0 amide bonds. The van der Waals surface area contributed by atoms with Gasteiger partial charge in [0.25, 0.3) is 0 Å². The van der Waals surface area contributed by atoms with Gasteiger partial charge in [-0.05, 0) is 52.7 Å². The van der Waals surface area contributed by atoms with Crippen molar-refractivity contribution in [1.29, 1.82) is 0 Å². The van der Waals surface area contributed by atoms with Crippen LogP contribution in [-0.4, -0.2) is 14.5 Å². The molecule has 0 spiro atoms. The van der Waals surface area contributed by atoms with Crippen molar-refractivity contribution >= 4 is 65.6 Å². The SMILES string of the molecule is c1ccc(-c2nc3ccccc3nc2-n2c3ccccc3c3cccc(-c4ccc5c(c4)oc4ccc6ccccc6c45)c32)cc1. The average molecular weight is 588 g/mol. The van der Waals surface area contributed by atoms with E-state index >= 15 is 0 Å². The van der Waals surface area contributed by atoms with Gasteiger partial charge >= 0.3 is 0 Å². The first-order valence-electron chi connectivity index (χ1n) is 15.5. The van der Waals surface area contributed by atoms with Crippen LogP contribution < -0.4 is 0 Å². The molecule has 4 heteroatoms. The zero-order valence-corrected chi connectivity index (χ0v) is 24.7. The number of para-hydroxylation sites is 4. The van der Waals surface area contributed by atoms with Crippen LogP contribution in [-0.2, 0) is 0 Å². The normalized spacial score (nSPS) is 11.9. The summed E-state index contributed by atoms with van der Waals surface area (Å²) < 4.78 is 8.81. The van der Waals surface area contributed by atoms with E-state index in [9.17, 15) is 0 Å². The lowest BCUT2D eigenvalue weighted by Gasteiger charge is -2.15. The zero-order chi connectivity index (χ0) is 30.2. The summed E-state index contributed by atoms with van der Waals surface area (Å²) in [6, 6.07) is 52.9. The van der Waals surface area contributed by atoms with Crippen molar-refractivity contribution in [3.63, 3.8) is 0 Å². The highest BCUT2D eigenvalue weighted by Crippen LogP contribution is 2.42. The van der Waals surface area contributed by atoms with E-state index in [1.165, 1.54) is 16.2 Å². The molecule has 0 aliphatic heterocycles. The maximum Gasteiger partial charge on any atom is 0.165 e. The summed E-state index contributed by atoms with van der Waals surface area (Å²) in [6.45, 7) is 0. The van der Waals surface area contributed by atoms with Gasteiger partial charge < -0.3 is 4.42 Å². The lowest BCUT2D eigenvalue weighted by molar-refractivity contribution is 0.669. The molecular formula is C42H25N3O. The van der Waals surface area contributed by atoms with Gasteiger partial charge in [0.2, 0.25) is 0 Å². The van der Waals surface area contributed by atoms with E-state index in [1.807, 2.05) is 30.3 Å². The third kappa shape index (κ3) is 3.61. The Labute approximate surface area is 263 Å². The lowest BCUT2D eigenvalue weighted by Crippen LogP contribution is -2.04. The molecule has 0 saturated carbocycles. The molecule has 0 radical (unpaired) electrons. The van der Waals surface area contributed by atoms with Crippen molar-refractivity contribution in [2.45, 2.75) is 0 Å². The standard InChI is InChI=1S/C42H25N3O/c1-2-12-27(13-3-1)40-42(44-35-19-8-7-18-34(35)43-40)45-36-20-9-6-15-31(36)32-17-10-16-30(41(32)45)28-21-23-33-38(25-28)46-37-24-22-26-11-4-5-14-29(26)39(33)37/h1-25H. The molecule has 0 bridgehead atoms. The fourth-order valence-electron chi connectivity index (χ4n) is 7.12. The summed E-state index contributed by atoms with van der Waals surface area (Å²) in [5, 5.41) is 7.03. The van der Waals surface area contributed by atoms with Crippen LogP contribution in [0.3, 0.4) is 0 Å². The molecule has 214 valence electrons. The maximum atomic E-state index is 6.50. The molecule has 0 aliphatic rings. The highest BCUT2D eigenvalue weighted by molar-refractivity contribution is 6.20. The third-order valence-corrected chi connectivity index (χ3v) is 9.18. The molecule has 0 unspecified atom stereocenters. The van der Waals surface area contributed by atoms with Crippen LogP contribution in [0.5, 0.6) is 0 Å². The van der Waals surface area contributed by atoms with Gasteiger partial charge in [0.15, 0.2) is 5.82 Å². The molecule has 0 N–H and O–H groups in total. The molecule has 0 fully saturated rings. The van der Waals surface area contributed by atoms with E-state index in [1.54, 1.807) is 0 Å². The Balaban J connectivity index is 1.30. The molecule has 0 aliphatic carbocycles. The zero-order valence-electron chi connectivity index (χ0n) is 24.7. The van der Waals surface area contributed by atoms with E-state index in [0.29, 0.717) is 0 Å². The molecular weight excluding hydrogens is 562 g/mol. The first kappa shape index (κ1) is 25.1. The second-order valence-electron chi connectivity index (χ2n) is 11.8. The van der Waals surface area contributed by atoms with Gasteiger partial charge in [0.1, 0.15) is 16.9 Å². The summed E-state index contributed by atoms with van der Waals surface area (Å²) in [5.74, 6) is 0.805. The summed E-state index contributed by atoms with van der Waals surface area (Å²) in [5.41, 5.74) is 9.73. The Bertz CT molecular complexity index is 2810. The van der Waals surface area contributed by atoms with Crippen LogP contribution in [0.2, 0.25) is 0 Å². The fourth-order valence-corrected chi connectivity index (χ4v) is 7.12. The van der Waals surface area contributed by atoms with Gasteiger partial charge in [0, 0.05) is 32.7 Å². The highest BCUT2D eigenvalue weighted by Gasteiger charge is 2.22. The topological polar surface area (TPSA) is 43.9 Å². The first-order chi connectivity index (χ1) is 22.8. The Morgan fingerprint density at radius 2 is 1.22 bits per heavy atom. The first-order valence-corrected chi connectivity index (χ1v) is 15.5. The number of furan rings is 1. The van der Waals surface area contributed by atoms with Crippen LogP contribution in [0.4, 0.5) is 0 Å². The Morgan fingerprint density at radius 1 is 0.478 bits per heavy atom. The number of aromatic nitrogens is 3. The summed E-state index contributed by atoms with van der Waals surface area (Å²) in [6.07, 6.45) is 0. The Morgan fingerprint density at radius 3 is 2.11 bits per heavy atom. The minimum Gasteiger partial charge on any atom is -0.456 e. The molecule has 4 nitrogen and oxygen atoms in total. The van der Waals surface area contributed by atoms with E-state index in [4.69, 9.17) is 14.4 Å². The van der Waals surface area contributed by atoms with Gasteiger partial charge in [-0.25, -0.2) is 9.97 Å². The molecule has 7 aromatic carbocycles. The Hall–Kier alpha value is -6.26. The number of nitrogens with zero attached hydrogens (tertiary/aromatic N) is 3. The number of hydrogen-bond acceptors (Lipinski definition) is 3. The summed E-state index contributed by atoms with van der Waals surface area (Å²) >= 11 is 0. The van der Waals surface area contributed by atoms with Crippen LogP contribution in [0.25, 0.3) is 93.8 Å². The van der Waals surface area contributed by atoms with Crippen molar-refractivity contribution in [3.05, 3.63) is 152 Å². The van der Waals surface area contributed by atoms with Crippen LogP contribution in [0.15, 0.2) is 156 Å². The van der Waals surface area contributed by atoms with Gasteiger partial charge in [-0.1, -0.05) is 115 Å². The summed E-state index contributed by atoms with van der Waals surface area (Å²) in [4.78, 5) is 10.5. The molecule has 3 aromatic heterocycles. The second-order valence-corrected chi connectivity index (χ2v) is 11.8. The average Bonchev–Trinajstić information content (AvgIpc) is 3.67. The minimum absolute atomic E-state index is 0.805. The number of benzene rings is 7. The predicted molar refractivity (Wildman–Crippen MR) is 190 cm³/mol. The van der Waals surface area contributed by atoms with Crippen molar-refractivity contribution in [1.82, 2.24) is 14.5 Å². The molecule has 3 heterocycles. The van der Waals surface area contributed by atoms with Crippen LogP contribution in [0.1, 0.15) is 0 Å². The summed E-state index contributed by atoms with van der Waals surface area (Å²) in [7, 11) is 0. The largest absolute Gasteiger partial charge is 0.456 e. The molecule has 46 heavy (non-hydrogen) atoms. The minimum atomic E-state index is 0.805. The van der Waals surface area contributed by atoms with Gasteiger partial charge in [-0.2, -0.15) is 0 Å². The highest BCUT2D eigenvalue weighted by atomic mass is 16.3. The van der Waals surface area contributed by atoms with Crippen molar-refractivity contribution in [3.8, 4) is 28.2 Å². The fraction of sp³-hybridized carbons (Fsp3) is 0. The van der Waals surface area contributed by atoms with Crippen molar-refractivity contribution in [2.24, 2.45) is 0 Å².